The van der Waals surface area contributed by atoms with E-state index in [2.05, 4.69) is 91.0 Å². The first-order valence-corrected chi connectivity index (χ1v) is 10.7. The fraction of sp³-hybridized carbons (Fsp3) is 0.182. The zero-order chi connectivity index (χ0) is 17.4. The van der Waals surface area contributed by atoms with E-state index in [1.165, 1.54) is 15.9 Å². The summed E-state index contributed by atoms with van der Waals surface area (Å²) in [5.74, 6) is 0. The Morgan fingerprint density at radius 2 is 1.00 bits per heavy atom. The molecule has 0 saturated heterocycles. The highest BCUT2D eigenvalue weighted by Gasteiger charge is 2.44. The predicted octanol–water partition coefficient (Wildman–Crippen LogP) is -0.0402. The number of ether oxygens (including phenoxy) is 1. The lowest BCUT2D eigenvalue weighted by Crippen LogP contribution is -3.00. The molecule has 0 radical (unpaired) electrons. The third-order valence-corrected chi connectivity index (χ3v) is 8.82. The van der Waals surface area contributed by atoms with Crippen LogP contribution in [-0.2, 0) is 4.74 Å². The van der Waals surface area contributed by atoms with Gasteiger partial charge in [-0.3, -0.25) is 0 Å². The molecule has 0 saturated carbocycles. The van der Waals surface area contributed by atoms with Gasteiger partial charge in [0.1, 0.15) is 23.2 Å². The van der Waals surface area contributed by atoms with E-state index in [9.17, 15) is 0 Å². The minimum absolute atomic E-state index is 0. The normalized spacial score (nSPS) is 11.0. The van der Waals surface area contributed by atoms with Gasteiger partial charge in [-0.05, 0) is 36.4 Å². The van der Waals surface area contributed by atoms with Gasteiger partial charge in [0.15, 0.2) is 0 Å². The molecular weight excluding hydrogens is 452 g/mol. The second-order valence-electron chi connectivity index (χ2n) is 5.94. The Hall–Kier alpha value is -1.26. The van der Waals surface area contributed by atoms with E-state index in [-0.39, 0.29) is 24.0 Å². The number of halogens is 1. The van der Waals surface area contributed by atoms with Crippen LogP contribution < -0.4 is 45.6 Å². The molecule has 0 bridgehead atoms. The third-order valence-electron chi connectivity index (χ3n) is 4.42. The maximum Gasteiger partial charge on any atom is 0.114 e. The van der Waals surface area contributed by atoms with Crippen LogP contribution in [0.3, 0.4) is 0 Å². The fourth-order valence-electron chi connectivity index (χ4n) is 3.27. The Morgan fingerprint density at radius 3 is 1.35 bits per heavy atom. The van der Waals surface area contributed by atoms with Crippen LogP contribution in [0.2, 0.25) is 0 Å². The molecule has 3 rings (SSSR count). The summed E-state index contributed by atoms with van der Waals surface area (Å²) >= 11 is 0. The van der Waals surface area contributed by atoms with Crippen LogP contribution in [-0.4, -0.2) is 25.9 Å². The van der Waals surface area contributed by atoms with E-state index in [0.717, 1.165) is 6.16 Å². The first-order valence-electron chi connectivity index (χ1n) is 8.70. The van der Waals surface area contributed by atoms with E-state index >= 15 is 0 Å². The van der Waals surface area contributed by atoms with Crippen molar-refractivity contribution in [2.24, 2.45) is 5.73 Å². The molecule has 26 heavy (non-hydrogen) atoms. The summed E-state index contributed by atoms with van der Waals surface area (Å²) in [7, 11) is -1.76. The number of hydrogen-bond donors (Lipinski definition) is 1. The summed E-state index contributed by atoms with van der Waals surface area (Å²) in [6.07, 6.45) is 0.977. The zero-order valence-electron chi connectivity index (χ0n) is 14.8. The summed E-state index contributed by atoms with van der Waals surface area (Å²) in [5, 5.41) is 4.18. The van der Waals surface area contributed by atoms with Gasteiger partial charge in [-0.25, -0.2) is 0 Å². The molecule has 0 aliphatic heterocycles. The van der Waals surface area contributed by atoms with Gasteiger partial charge in [-0.15, -0.1) is 0 Å². The molecule has 3 aromatic carbocycles. The highest BCUT2D eigenvalue weighted by molar-refractivity contribution is 7.95. The molecule has 0 unspecified atom stereocenters. The maximum atomic E-state index is 5.81. The molecule has 0 aliphatic carbocycles. The second-order valence-corrected chi connectivity index (χ2v) is 9.56. The molecule has 3 aromatic rings. The Bertz CT molecular complexity index is 656. The quantitative estimate of drug-likeness (QED) is 0.281. The lowest BCUT2D eigenvalue weighted by Gasteiger charge is -2.27. The molecule has 0 atom stereocenters. The van der Waals surface area contributed by atoms with Crippen LogP contribution >= 0.6 is 7.26 Å². The number of benzene rings is 3. The minimum Gasteiger partial charge on any atom is -1.00 e. The van der Waals surface area contributed by atoms with Crippen molar-refractivity contribution in [2.45, 2.75) is 0 Å². The Kier molecular flexibility index (Phi) is 8.73. The number of hydrogen-bond acceptors (Lipinski definition) is 2. The number of nitrogens with two attached hydrogens (primary N) is 1. The smallest absolute Gasteiger partial charge is 0.114 e. The molecule has 0 spiro atoms. The first kappa shape index (κ1) is 21.0. The topological polar surface area (TPSA) is 35.2 Å². The van der Waals surface area contributed by atoms with E-state index in [1.807, 2.05) is 0 Å². The molecule has 2 N–H and O–H groups in total. The minimum atomic E-state index is -1.76. The van der Waals surface area contributed by atoms with Crippen LogP contribution in [0.15, 0.2) is 91.0 Å². The van der Waals surface area contributed by atoms with Gasteiger partial charge < -0.3 is 34.4 Å². The van der Waals surface area contributed by atoms with Crippen LogP contribution in [0.1, 0.15) is 0 Å². The van der Waals surface area contributed by atoms with Gasteiger partial charge in [-0.2, -0.15) is 0 Å². The summed E-state index contributed by atoms with van der Waals surface area (Å²) in [6, 6.07) is 32.6. The van der Waals surface area contributed by atoms with Crippen molar-refractivity contribution in [3.63, 3.8) is 0 Å². The van der Waals surface area contributed by atoms with Gasteiger partial charge in [-0.1, -0.05) is 54.6 Å². The molecule has 136 valence electrons. The van der Waals surface area contributed by atoms with Gasteiger partial charge in [0.05, 0.1) is 19.4 Å². The Morgan fingerprint density at radius 1 is 0.615 bits per heavy atom. The molecule has 0 amide bonds. The van der Waals surface area contributed by atoms with Crippen molar-refractivity contribution >= 4 is 23.2 Å². The van der Waals surface area contributed by atoms with Crippen molar-refractivity contribution in [2.75, 3.05) is 25.9 Å². The molecule has 0 heterocycles. The van der Waals surface area contributed by atoms with Crippen molar-refractivity contribution in [3.05, 3.63) is 91.0 Å². The van der Waals surface area contributed by atoms with Crippen molar-refractivity contribution in [1.29, 1.82) is 0 Å². The molecule has 0 aromatic heterocycles. The van der Waals surface area contributed by atoms with Gasteiger partial charge in [0.25, 0.3) is 0 Å². The summed E-state index contributed by atoms with van der Waals surface area (Å²) in [5.41, 5.74) is 5.60. The van der Waals surface area contributed by atoms with Crippen molar-refractivity contribution < 1.29 is 28.7 Å². The maximum absolute atomic E-state index is 5.81. The SMILES string of the molecule is NCCOCC[P+](c1ccccc1)(c1ccccc1)c1ccccc1.[I-]. The first-order chi connectivity index (χ1) is 12.4. The van der Waals surface area contributed by atoms with Crippen LogP contribution in [0.5, 0.6) is 0 Å². The summed E-state index contributed by atoms with van der Waals surface area (Å²) < 4.78 is 5.81. The van der Waals surface area contributed by atoms with Crippen LogP contribution in [0.4, 0.5) is 0 Å². The largest absolute Gasteiger partial charge is 1.00 e. The van der Waals surface area contributed by atoms with E-state index in [0.29, 0.717) is 19.8 Å². The van der Waals surface area contributed by atoms with Crippen molar-refractivity contribution in [1.82, 2.24) is 0 Å². The highest BCUT2D eigenvalue weighted by atomic mass is 127. The predicted molar refractivity (Wildman–Crippen MR) is 110 cm³/mol. The Labute approximate surface area is 174 Å². The van der Waals surface area contributed by atoms with Gasteiger partial charge >= 0.3 is 0 Å². The zero-order valence-corrected chi connectivity index (χ0v) is 17.9. The van der Waals surface area contributed by atoms with Crippen LogP contribution in [0.25, 0.3) is 0 Å². The molecule has 4 heteroatoms. The van der Waals surface area contributed by atoms with Crippen molar-refractivity contribution in [3.8, 4) is 0 Å². The summed E-state index contributed by atoms with van der Waals surface area (Å²) in [6.45, 7) is 1.88. The second kappa shape index (κ2) is 10.8. The fourth-order valence-corrected chi connectivity index (χ4v) is 7.38. The van der Waals surface area contributed by atoms with Crippen LogP contribution in [0, 0.1) is 0 Å². The van der Waals surface area contributed by atoms with E-state index in [1.54, 1.807) is 0 Å². The molecule has 0 aliphatic rings. The van der Waals surface area contributed by atoms with E-state index < -0.39 is 7.26 Å². The molecular formula is C22H25INOP. The average Bonchev–Trinajstić information content (AvgIpc) is 2.70. The monoisotopic (exact) mass is 477 g/mol. The number of rotatable bonds is 8. The molecule has 2 nitrogen and oxygen atoms in total. The van der Waals surface area contributed by atoms with E-state index in [4.69, 9.17) is 10.5 Å². The summed E-state index contributed by atoms with van der Waals surface area (Å²) in [4.78, 5) is 0. The molecule has 0 fully saturated rings. The Balaban J connectivity index is 0.00000243. The lowest BCUT2D eigenvalue weighted by molar-refractivity contribution is -0.00000558. The third kappa shape index (κ3) is 4.72. The average molecular weight is 477 g/mol. The van der Waals surface area contributed by atoms with Gasteiger partial charge in [0, 0.05) is 6.54 Å². The standard InChI is InChI=1S/C22H25NOP.HI/c23-16-17-24-18-19-25(20-10-4-1-5-11-20,21-12-6-2-7-13-21)22-14-8-3-9-15-22;/h1-15H,16-19,23H2;1H/q+1;/p-1. The lowest BCUT2D eigenvalue weighted by atomic mass is 10.4. The van der Waals surface area contributed by atoms with Gasteiger partial charge in [0.2, 0.25) is 0 Å². The highest BCUT2D eigenvalue weighted by Crippen LogP contribution is 2.54.